The zero-order valence-corrected chi connectivity index (χ0v) is 11.3. The molecule has 1 saturated heterocycles. The highest BCUT2D eigenvalue weighted by atomic mass is 19.1. The van der Waals surface area contributed by atoms with Crippen LogP contribution < -0.4 is 0 Å². The number of carbonyl (C=O) groups is 1. The van der Waals surface area contributed by atoms with E-state index in [0.717, 1.165) is 11.6 Å². The lowest BCUT2D eigenvalue weighted by Gasteiger charge is -2.30. The van der Waals surface area contributed by atoms with Crippen LogP contribution in [0.25, 0.3) is 0 Å². The molecule has 0 bridgehead atoms. The molecule has 108 valence electrons. The first-order chi connectivity index (χ1) is 10.1. The van der Waals surface area contributed by atoms with E-state index in [1.807, 2.05) is 30.3 Å². The summed E-state index contributed by atoms with van der Waals surface area (Å²) in [5.41, 5.74) is 1.26. The van der Waals surface area contributed by atoms with Gasteiger partial charge in [0.25, 0.3) is 0 Å². The van der Waals surface area contributed by atoms with Gasteiger partial charge in [-0.2, -0.15) is 0 Å². The van der Waals surface area contributed by atoms with Gasteiger partial charge in [0, 0.05) is 18.9 Å². The third kappa shape index (κ3) is 3.16. The van der Waals surface area contributed by atoms with E-state index in [0.29, 0.717) is 5.56 Å². The molecule has 0 aromatic heterocycles. The van der Waals surface area contributed by atoms with Crippen LogP contribution in [0.15, 0.2) is 48.5 Å². The summed E-state index contributed by atoms with van der Waals surface area (Å²) >= 11 is 0. The van der Waals surface area contributed by atoms with Crippen LogP contribution in [0.5, 0.6) is 0 Å². The highest BCUT2D eigenvalue weighted by Gasteiger charge is 2.30. The minimum Gasteiger partial charge on any atom is -0.365 e. The summed E-state index contributed by atoms with van der Waals surface area (Å²) in [5.74, 6) is -1.30. The van der Waals surface area contributed by atoms with Crippen LogP contribution in [0.4, 0.5) is 8.78 Å². The normalized spacial score (nSPS) is 22.3. The number of hydrogen-bond donors (Lipinski definition) is 0. The summed E-state index contributed by atoms with van der Waals surface area (Å²) < 4.78 is 32.5. The van der Waals surface area contributed by atoms with Crippen molar-refractivity contribution in [3.63, 3.8) is 0 Å². The summed E-state index contributed by atoms with van der Waals surface area (Å²) in [6.07, 6.45) is -0.546. The fraction of sp³-hybridized carbons (Fsp3) is 0.235. The van der Waals surface area contributed by atoms with Crippen molar-refractivity contribution in [2.45, 2.75) is 25.0 Å². The average Bonchev–Trinajstić information content (AvgIpc) is 2.46. The number of carbonyl (C=O) groups excluding carboxylic acids is 1. The van der Waals surface area contributed by atoms with Crippen LogP contribution in [0.3, 0.4) is 0 Å². The monoisotopic (exact) mass is 288 g/mol. The lowest BCUT2D eigenvalue weighted by molar-refractivity contribution is -0.136. The highest BCUT2D eigenvalue weighted by molar-refractivity contribution is 5.80. The van der Waals surface area contributed by atoms with Gasteiger partial charge < -0.3 is 4.74 Å². The van der Waals surface area contributed by atoms with Crippen molar-refractivity contribution in [3.05, 3.63) is 71.3 Å². The Labute approximate surface area is 121 Å². The molecule has 1 aliphatic rings. The molecule has 21 heavy (non-hydrogen) atoms. The molecular weight excluding hydrogens is 274 g/mol. The first-order valence-electron chi connectivity index (χ1n) is 6.80. The fourth-order valence-electron chi connectivity index (χ4n) is 2.61. The minimum absolute atomic E-state index is 0.0322. The van der Waals surface area contributed by atoms with E-state index in [9.17, 15) is 13.6 Å². The Bertz CT molecular complexity index is 635. The second kappa shape index (κ2) is 5.74. The van der Waals surface area contributed by atoms with E-state index in [4.69, 9.17) is 4.74 Å². The molecule has 0 N–H and O–H groups in total. The van der Waals surface area contributed by atoms with E-state index in [2.05, 4.69) is 0 Å². The predicted molar refractivity (Wildman–Crippen MR) is 73.6 cm³/mol. The highest BCUT2D eigenvalue weighted by Crippen LogP contribution is 2.37. The zero-order valence-electron chi connectivity index (χ0n) is 11.3. The van der Waals surface area contributed by atoms with Gasteiger partial charge >= 0.3 is 0 Å². The number of ketones is 1. The van der Waals surface area contributed by atoms with Gasteiger partial charge in [-0.15, -0.1) is 0 Å². The molecule has 4 heteroatoms. The van der Waals surface area contributed by atoms with Crippen molar-refractivity contribution in [3.8, 4) is 0 Å². The summed E-state index contributed by atoms with van der Waals surface area (Å²) in [7, 11) is 0. The Morgan fingerprint density at radius 1 is 0.857 bits per heavy atom. The molecule has 0 amide bonds. The van der Waals surface area contributed by atoms with E-state index >= 15 is 0 Å². The van der Waals surface area contributed by atoms with Gasteiger partial charge in [-0.1, -0.05) is 30.3 Å². The zero-order chi connectivity index (χ0) is 14.8. The summed E-state index contributed by atoms with van der Waals surface area (Å²) in [4.78, 5) is 11.9. The molecule has 0 unspecified atom stereocenters. The van der Waals surface area contributed by atoms with Gasteiger partial charge in [0.05, 0.1) is 12.2 Å². The largest absolute Gasteiger partial charge is 0.365 e. The van der Waals surface area contributed by atoms with Gasteiger partial charge in [0.1, 0.15) is 17.4 Å². The molecule has 0 saturated carbocycles. The number of rotatable bonds is 2. The van der Waals surface area contributed by atoms with Gasteiger partial charge in [0.2, 0.25) is 0 Å². The minimum atomic E-state index is -0.664. The number of Topliss-reactive ketones (excluding diaryl/α,β-unsaturated/α-hetero) is 1. The van der Waals surface area contributed by atoms with E-state index in [1.165, 1.54) is 12.1 Å². The molecule has 1 aliphatic heterocycles. The quantitative estimate of drug-likeness (QED) is 0.830. The number of hydrogen-bond acceptors (Lipinski definition) is 2. The van der Waals surface area contributed by atoms with E-state index in [1.54, 1.807) is 0 Å². The van der Waals surface area contributed by atoms with Gasteiger partial charge in [-0.25, -0.2) is 8.78 Å². The molecular formula is C17H14F2O2. The van der Waals surface area contributed by atoms with Gasteiger partial charge in [-0.3, -0.25) is 4.79 Å². The molecule has 0 aliphatic carbocycles. The maximum atomic E-state index is 13.3. The fourth-order valence-corrected chi connectivity index (χ4v) is 2.61. The second-order valence-corrected chi connectivity index (χ2v) is 5.17. The molecule has 1 heterocycles. The SMILES string of the molecule is O=C1C[C@@H](c2ccccc2)O[C@H](c2cc(F)cc(F)c2)C1. The smallest absolute Gasteiger partial charge is 0.138 e. The van der Waals surface area contributed by atoms with E-state index in [-0.39, 0.29) is 24.7 Å². The maximum absolute atomic E-state index is 13.3. The molecule has 1 fully saturated rings. The maximum Gasteiger partial charge on any atom is 0.138 e. The standard InChI is InChI=1S/C17H14F2O2/c18-13-6-12(7-14(19)8-13)17-10-15(20)9-16(21-17)11-4-2-1-3-5-11/h1-8,16-17H,9-10H2/t16-,17-/m0/s1. The lowest BCUT2D eigenvalue weighted by Crippen LogP contribution is -2.23. The van der Waals surface area contributed by atoms with Crippen LogP contribution in [-0.2, 0) is 9.53 Å². The Balaban J connectivity index is 1.88. The topological polar surface area (TPSA) is 26.3 Å². The average molecular weight is 288 g/mol. The predicted octanol–water partition coefficient (Wildman–Crippen LogP) is 4.13. The van der Waals surface area contributed by atoms with Crippen LogP contribution in [0.2, 0.25) is 0 Å². The van der Waals surface area contributed by atoms with Crippen LogP contribution in [0, 0.1) is 11.6 Å². The lowest BCUT2D eigenvalue weighted by atomic mass is 9.94. The van der Waals surface area contributed by atoms with Crippen molar-refractivity contribution in [1.29, 1.82) is 0 Å². The second-order valence-electron chi connectivity index (χ2n) is 5.17. The summed E-state index contributed by atoms with van der Waals surface area (Å²) in [5, 5.41) is 0. The Kier molecular flexibility index (Phi) is 3.80. The summed E-state index contributed by atoms with van der Waals surface area (Å²) in [6.45, 7) is 0. The molecule has 3 rings (SSSR count). The molecule has 2 nitrogen and oxygen atoms in total. The van der Waals surface area contributed by atoms with Crippen LogP contribution in [-0.4, -0.2) is 5.78 Å². The Hall–Kier alpha value is -2.07. The number of halogens is 2. The van der Waals surface area contributed by atoms with Crippen molar-refractivity contribution in [2.75, 3.05) is 0 Å². The number of ether oxygens (including phenoxy) is 1. The van der Waals surface area contributed by atoms with Crippen molar-refractivity contribution >= 4 is 5.78 Å². The number of benzene rings is 2. The first-order valence-corrected chi connectivity index (χ1v) is 6.80. The molecule has 2 aromatic rings. The van der Waals surface area contributed by atoms with E-state index < -0.39 is 17.7 Å². The van der Waals surface area contributed by atoms with Crippen LogP contribution >= 0.6 is 0 Å². The van der Waals surface area contributed by atoms with Crippen molar-refractivity contribution < 1.29 is 18.3 Å². The summed E-state index contributed by atoms with van der Waals surface area (Å²) in [6, 6.07) is 12.6. The third-order valence-electron chi connectivity index (χ3n) is 3.58. The van der Waals surface area contributed by atoms with Gasteiger partial charge in [0.15, 0.2) is 0 Å². The van der Waals surface area contributed by atoms with Crippen LogP contribution in [0.1, 0.15) is 36.2 Å². The molecule has 2 aromatic carbocycles. The third-order valence-corrected chi connectivity index (χ3v) is 3.58. The molecule has 2 atom stereocenters. The first kappa shape index (κ1) is 13.9. The molecule has 0 spiro atoms. The Morgan fingerprint density at radius 2 is 1.43 bits per heavy atom. The Morgan fingerprint density at radius 3 is 2.05 bits per heavy atom. The van der Waals surface area contributed by atoms with Crippen molar-refractivity contribution in [2.24, 2.45) is 0 Å². The van der Waals surface area contributed by atoms with Crippen molar-refractivity contribution in [1.82, 2.24) is 0 Å². The molecule has 0 radical (unpaired) electrons. The van der Waals surface area contributed by atoms with Gasteiger partial charge in [-0.05, 0) is 23.3 Å².